The van der Waals surface area contributed by atoms with Crippen LogP contribution in [-0.2, 0) is 5.41 Å². The van der Waals surface area contributed by atoms with Gasteiger partial charge in [-0.05, 0) is 143 Å². The third kappa shape index (κ3) is 5.73. The Labute approximate surface area is 403 Å². The van der Waals surface area contributed by atoms with E-state index in [0.29, 0.717) is 0 Å². The molecule has 0 amide bonds. The highest BCUT2D eigenvalue weighted by atomic mass is 28.3. The summed E-state index contributed by atoms with van der Waals surface area (Å²) in [6.45, 7) is 9.83. The molecule has 0 bridgehead atoms. The molecule has 69 heavy (non-hydrogen) atoms. The molecule has 1 aromatic heterocycles. The average Bonchev–Trinajstić information content (AvgIpc) is 3.88. The lowest BCUT2D eigenvalue weighted by atomic mass is 9.82. The highest BCUT2D eigenvalue weighted by Gasteiger charge is 2.38. The van der Waals surface area contributed by atoms with Crippen molar-refractivity contribution < 1.29 is 4.42 Å². The molecule has 0 saturated carbocycles. The lowest BCUT2D eigenvalue weighted by Crippen LogP contribution is -2.56. The molecule has 11 aromatic carbocycles. The number of benzene rings is 11. The van der Waals surface area contributed by atoms with Crippen molar-refractivity contribution in [2.75, 3.05) is 9.80 Å². The first-order chi connectivity index (χ1) is 33.8. The van der Waals surface area contributed by atoms with Crippen molar-refractivity contribution in [2.45, 2.75) is 32.4 Å². The van der Waals surface area contributed by atoms with Crippen LogP contribution in [0.15, 0.2) is 223 Å². The lowest BCUT2D eigenvalue weighted by molar-refractivity contribution is 0.660. The van der Waals surface area contributed by atoms with Crippen molar-refractivity contribution in [3.63, 3.8) is 0 Å². The lowest BCUT2D eigenvalue weighted by Gasteiger charge is -2.36. The highest BCUT2D eigenvalue weighted by Crippen LogP contribution is 2.52. The van der Waals surface area contributed by atoms with Crippen LogP contribution in [-0.4, -0.2) is 8.07 Å². The van der Waals surface area contributed by atoms with E-state index in [2.05, 4.69) is 249 Å². The van der Waals surface area contributed by atoms with Crippen molar-refractivity contribution >= 4 is 107 Å². The molecule has 3 nitrogen and oxygen atoms in total. The molecule has 1 aliphatic carbocycles. The van der Waals surface area contributed by atoms with Crippen LogP contribution in [0.3, 0.4) is 0 Å². The van der Waals surface area contributed by atoms with Crippen molar-refractivity contribution in [2.24, 2.45) is 0 Å². The van der Waals surface area contributed by atoms with E-state index in [1.54, 1.807) is 0 Å². The van der Waals surface area contributed by atoms with Crippen molar-refractivity contribution in [3.8, 4) is 22.3 Å². The van der Waals surface area contributed by atoms with Crippen LogP contribution in [0, 0.1) is 0 Å². The third-order valence-electron chi connectivity index (χ3n) is 15.6. The van der Waals surface area contributed by atoms with Crippen LogP contribution in [0.25, 0.3) is 76.5 Å². The van der Waals surface area contributed by atoms with Gasteiger partial charge < -0.3 is 14.2 Å². The average molecular weight is 901 g/mol. The molecule has 0 spiro atoms. The summed E-state index contributed by atoms with van der Waals surface area (Å²) in [4.78, 5) is 4.89. The van der Waals surface area contributed by atoms with Gasteiger partial charge in [-0.3, -0.25) is 0 Å². The van der Waals surface area contributed by atoms with Crippen molar-refractivity contribution in [1.82, 2.24) is 0 Å². The molecule has 2 aliphatic rings. The molecule has 4 heteroatoms. The maximum Gasteiger partial charge on any atom is 0.159 e. The van der Waals surface area contributed by atoms with Crippen molar-refractivity contribution in [3.05, 3.63) is 230 Å². The topological polar surface area (TPSA) is 19.6 Å². The van der Waals surface area contributed by atoms with E-state index in [0.717, 1.165) is 50.4 Å². The van der Waals surface area contributed by atoms with Gasteiger partial charge in [0, 0.05) is 44.3 Å². The van der Waals surface area contributed by atoms with E-state index in [4.69, 9.17) is 4.42 Å². The van der Waals surface area contributed by atoms with Gasteiger partial charge >= 0.3 is 0 Å². The summed E-state index contributed by atoms with van der Waals surface area (Å²) in [6, 6.07) is 81.0. The van der Waals surface area contributed by atoms with Crippen LogP contribution in [0.1, 0.15) is 25.0 Å². The van der Waals surface area contributed by atoms with Gasteiger partial charge in [0.1, 0.15) is 13.7 Å². The van der Waals surface area contributed by atoms with E-state index in [-0.39, 0.29) is 5.41 Å². The molecule has 0 unspecified atom stereocenters. The molecule has 1 aliphatic heterocycles. The van der Waals surface area contributed by atoms with E-state index in [1.807, 2.05) is 6.07 Å². The fourth-order valence-corrected chi connectivity index (χ4v) is 15.4. The summed E-state index contributed by atoms with van der Waals surface area (Å²) >= 11 is 0. The first kappa shape index (κ1) is 39.9. The van der Waals surface area contributed by atoms with Crippen LogP contribution in [0.5, 0.6) is 0 Å². The zero-order chi connectivity index (χ0) is 46.2. The summed E-state index contributed by atoms with van der Waals surface area (Å²) in [5.41, 5.74) is 16.4. The van der Waals surface area contributed by atoms with Crippen molar-refractivity contribution in [1.29, 1.82) is 0 Å². The third-order valence-corrected chi connectivity index (χ3v) is 19.1. The van der Waals surface area contributed by atoms with Crippen LogP contribution < -0.4 is 20.2 Å². The van der Waals surface area contributed by atoms with Crippen LogP contribution >= 0.6 is 0 Å². The summed E-state index contributed by atoms with van der Waals surface area (Å²) < 4.78 is 6.70. The zero-order valence-electron chi connectivity index (χ0n) is 39.1. The maximum absolute atomic E-state index is 6.70. The first-order valence-corrected chi connectivity index (χ1v) is 27.2. The van der Waals surface area contributed by atoms with Gasteiger partial charge in [0.25, 0.3) is 0 Å². The van der Waals surface area contributed by atoms with E-state index in [9.17, 15) is 0 Å². The minimum atomic E-state index is -2.31. The zero-order valence-corrected chi connectivity index (χ0v) is 40.1. The molecule has 0 N–H and O–H groups in total. The Morgan fingerprint density at radius 2 is 0.942 bits per heavy atom. The SMILES string of the molecule is CC1(C)c2ccccc2-c2ccc(N(c3ccccc3)c3cc4c5cccc6c5c(cc4c4ccccc34)-c3ccc(N(c4ccccc4)c4cccc5c4oc4ccccc45)cc3[Si]6(C)C)cc21. The largest absolute Gasteiger partial charge is 0.454 e. The number of nitrogens with zero attached hydrogens (tertiary/aromatic N) is 2. The second-order valence-corrected chi connectivity index (χ2v) is 24.4. The molecule has 328 valence electrons. The number of furan rings is 1. The number of fused-ring (bicyclic) bond motifs is 12. The Morgan fingerprint density at radius 3 is 1.72 bits per heavy atom. The molecular weight excluding hydrogens is 853 g/mol. The predicted octanol–water partition coefficient (Wildman–Crippen LogP) is 17.1. The normalized spacial score (nSPS) is 14.0. The molecule has 14 rings (SSSR count). The highest BCUT2D eigenvalue weighted by molar-refractivity contribution is 7.03. The molecule has 12 aromatic rings. The molecular formula is C65H48N2OSi. The minimum Gasteiger partial charge on any atom is -0.454 e. The van der Waals surface area contributed by atoms with E-state index < -0.39 is 8.07 Å². The number of rotatable bonds is 6. The molecule has 0 fully saturated rings. The summed E-state index contributed by atoms with van der Waals surface area (Å²) in [5, 5.41) is 12.9. The fourth-order valence-electron chi connectivity index (χ4n) is 12.3. The van der Waals surface area contributed by atoms with Crippen LogP contribution in [0.4, 0.5) is 34.1 Å². The van der Waals surface area contributed by atoms with Gasteiger partial charge in [-0.15, -0.1) is 0 Å². The molecule has 2 heterocycles. The van der Waals surface area contributed by atoms with Gasteiger partial charge in [-0.25, -0.2) is 0 Å². The summed E-state index contributed by atoms with van der Waals surface area (Å²) in [7, 11) is -2.31. The standard InChI is InChI=1S/C65H48N2OSi/c1-65(2)56-29-15-13-24-46(56)47-35-33-43(37-57(47)65)67(42-21-9-6-10-22-42)59-40-54-51-27-18-32-61-63(51)55(39-53(54)45-23-11-12-25-48(45)59)50-36-34-44(38-62(50)69(61,3)4)66(41-19-7-5-8-20-41)58-30-17-28-52-49-26-14-16-31-60(49)68-64(52)58/h5-40H,1-4H3. The Balaban J connectivity index is 0.985. The van der Waals surface area contributed by atoms with Crippen LogP contribution in [0.2, 0.25) is 13.1 Å². The van der Waals surface area contributed by atoms with Gasteiger partial charge in [0.2, 0.25) is 0 Å². The quantitative estimate of drug-likeness (QED) is 0.122. The Bertz CT molecular complexity index is 4090. The summed E-state index contributed by atoms with van der Waals surface area (Å²) in [6.07, 6.45) is 0. The maximum atomic E-state index is 6.70. The number of hydrogen-bond donors (Lipinski definition) is 0. The minimum absolute atomic E-state index is 0.122. The van der Waals surface area contributed by atoms with Gasteiger partial charge in [0.15, 0.2) is 5.58 Å². The smallest absolute Gasteiger partial charge is 0.159 e. The Morgan fingerprint density at radius 1 is 0.362 bits per heavy atom. The van der Waals surface area contributed by atoms with Gasteiger partial charge in [-0.2, -0.15) is 0 Å². The van der Waals surface area contributed by atoms with E-state index >= 15 is 0 Å². The second kappa shape index (κ2) is 14.7. The second-order valence-electron chi connectivity index (χ2n) is 20.0. The monoisotopic (exact) mass is 900 g/mol. The number of hydrogen-bond acceptors (Lipinski definition) is 3. The fraction of sp³-hybridized carbons (Fsp3) is 0.0769. The Hall–Kier alpha value is -8.18. The predicted molar refractivity (Wildman–Crippen MR) is 295 cm³/mol. The first-order valence-electron chi connectivity index (χ1n) is 24.2. The Kier molecular flexibility index (Phi) is 8.48. The van der Waals surface area contributed by atoms with E-state index in [1.165, 1.54) is 81.8 Å². The number of para-hydroxylation sites is 4. The molecule has 0 radical (unpaired) electrons. The molecule has 0 saturated heterocycles. The van der Waals surface area contributed by atoms with Gasteiger partial charge in [0.05, 0.1) is 11.4 Å². The summed E-state index contributed by atoms with van der Waals surface area (Å²) in [5.74, 6) is 0. The van der Waals surface area contributed by atoms with Gasteiger partial charge in [-0.1, -0.05) is 173 Å². The number of anilines is 6. The molecule has 0 atom stereocenters.